The summed E-state index contributed by atoms with van der Waals surface area (Å²) < 4.78 is 0. The summed E-state index contributed by atoms with van der Waals surface area (Å²) in [5.41, 5.74) is 9.21. The molecule has 2 N–H and O–H groups in total. The van der Waals surface area contributed by atoms with Crippen molar-refractivity contribution in [3.05, 3.63) is 23.0 Å². The molecule has 1 rings (SSSR count). The molecule has 3 nitrogen and oxygen atoms in total. The van der Waals surface area contributed by atoms with Gasteiger partial charge in [0.2, 0.25) is 0 Å². The Morgan fingerprint density at radius 2 is 2.00 bits per heavy atom. The Balaban J connectivity index is 2.80. The Labute approximate surface area is 92.1 Å². The summed E-state index contributed by atoms with van der Waals surface area (Å²) in [7, 11) is 0. The van der Waals surface area contributed by atoms with Gasteiger partial charge in [0.15, 0.2) is 0 Å². The first-order chi connectivity index (χ1) is 7.04. The number of hydrogen-bond donors (Lipinski definition) is 1. The van der Waals surface area contributed by atoms with Crippen LogP contribution in [0.3, 0.4) is 0 Å². The first-order valence-corrected chi connectivity index (χ1v) is 5.61. The van der Waals surface area contributed by atoms with Crippen LogP contribution in [0, 0.1) is 19.8 Å². The van der Waals surface area contributed by atoms with E-state index < -0.39 is 0 Å². The zero-order chi connectivity index (χ0) is 11.4. The number of nitrogens with two attached hydrogens (primary N) is 1. The van der Waals surface area contributed by atoms with Gasteiger partial charge >= 0.3 is 0 Å². The highest BCUT2D eigenvalue weighted by molar-refractivity contribution is 5.23. The van der Waals surface area contributed by atoms with Crippen LogP contribution in [0.2, 0.25) is 0 Å². The number of nitrogens with zero attached hydrogens (tertiary/aromatic N) is 2. The van der Waals surface area contributed by atoms with Crippen molar-refractivity contribution in [1.82, 2.24) is 10.2 Å². The van der Waals surface area contributed by atoms with E-state index in [1.807, 2.05) is 13.8 Å². The van der Waals surface area contributed by atoms with E-state index in [0.29, 0.717) is 5.92 Å². The topological polar surface area (TPSA) is 51.8 Å². The van der Waals surface area contributed by atoms with E-state index in [0.717, 1.165) is 23.4 Å². The molecular formula is C12H21N3. The smallest absolute Gasteiger partial charge is 0.0648 e. The van der Waals surface area contributed by atoms with Crippen molar-refractivity contribution in [2.75, 3.05) is 0 Å². The van der Waals surface area contributed by atoms with Crippen LogP contribution in [-0.2, 0) is 0 Å². The third-order valence-corrected chi connectivity index (χ3v) is 2.89. The third-order valence-electron chi connectivity index (χ3n) is 2.89. The fraction of sp³-hybridized carbons (Fsp3) is 0.667. The van der Waals surface area contributed by atoms with Crippen molar-refractivity contribution in [3.63, 3.8) is 0 Å². The normalized spacial score (nSPS) is 15.0. The second kappa shape index (κ2) is 5.21. The first-order valence-electron chi connectivity index (χ1n) is 5.61. The lowest BCUT2D eigenvalue weighted by atomic mass is 9.94. The lowest BCUT2D eigenvalue weighted by molar-refractivity contribution is 0.459. The highest BCUT2D eigenvalue weighted by Gasteiger charge is 2.13. The van der Waals surface area contributed by atoms with Gasteiger partial charge in [-0.3, -0.25) is 0 Å². The number of rotatable bonds is 4. The van der Waals surface area contributed by atoms with Gasteiger partial charge < -0.3 is 5.73 Å². The molecule has 15 heavy (non-hydrogen) atoms. The highest BCUT2D eigenvalue weighted by Crippen LogP contribution is 2.22. The monoisotopic (exact) mass is 207 g/mol. The molecule has 0 aromatic carbocycles. The van der Waals surface area contributed by atoms with Crippen molar-refractivity contribution in [1.29, 1.82) is 0 Å². The largest absolute Gasteiger partial charge is 0.324 e. The summed E-state index contributed by atoms with van der Waals surface area (Å²) in [6.45, 7) is 8.35. The van der Waals surface area contributed by atoms with E-state index in [9.17, 15) is 0 Å². The molecule has 0 amide bonds. The fourth-order valence-corrected chi connectivity index (χ4v) is 1.67. The molecule has 0 aliphatic rings. The van der Waals surface area contributed by atoms with E-state index in [2.05, 4.69) is 30.1 Å². The molecular weight excluding hydrogens is 186 g/mol. The van der Waals surface area contributed by atoms with Gasteiger partial charge in [-0.2, -0.15) is 10.2 Å². The van der Waals surface area contributed by atoms with Gasteiger partial charge in [-0.25, -0.2) is 0 Å². The Hall–Kier alpha value is -0.960. The molecule has 0 spiro atoms. The Kier molecular flexibility index (Phi) is 4.21. The predicted molar refractivity (Wildman–Crippen MR) is 62.5 cm³/mol. The van der Waals surface area contributed by atoms with Gasteiger partial charge in [0.25, 0.3) is 0 Å². The maximum atomic E-state index is 6.17. The van der Waals surface area contributed by atoms with E-state index in [4.69, 9.17) is 5.73 Å². The van der Waals surface area contributed by atoms with Crippen LogP contribution >= 0.6 is 0 Å². The third kappa shape index (κ3) is 3.27. The summed E-state index contributed by atoms with van der Waals surface area (Å²) >= 11 is 0. The molecule has 0 saturated carbocycles. The molecule has 0 bridgehead atoms. The van der Waals surface area contributed by atoms with Crippen molar-refractivity contribution in [2.24, 2.45) is 11.7 Å². The van der Waals surface area contributed by atoms with E-state index in [1.165, 1.54) is 6.42 Å². The molecule has 0 radical (unpaired) electrons. The Morgan fingerprint density at radius 1 is 1.33 bits per heavy atom. The summed E-state index contributed by atoms with van der Waals surface area (Å²) in [5.74, 6) is 0.660. The van der Waals surface area contributed by atoms with Crippen LogP contribution < -0.4 is 5.73 Å². The zero-order valence-electron chi connectivity index (χ0n) is 10.1. The molecule has 2 unspecified atom stereocenters. The van der Waals surface area contributed by atoms with Crippen molar-refractivity contribution in [2.45, 2.75) is 46.6 Å². The second-order valence-corrected chi connectivity index (χ2v) is 4.38. The minimum absolute atomic E-state index is 0.0918. The molecule has 1 aromatic heterocycles. The highest BCUT2D eigenvalue weighted by atomic mass is 15.1. The van der Waals surface area contributed by atoms with E-state index >= 15 is 0 Å². The van der Waals surface area contributed by atoms with Crippen LogP contribution in [0.25, 0.3) is 0 Å². The van der Waals surface area contributed by atoms with Crippen molar-refractivity contribution >= 4 is 0 Å². The molecule has 0 saturated heterocycles. The maximum absolute atomic E-state index is 6.17. The van der Waals surface area contributed by atoms with Crippen LogP contribution in [0.4, 0.5) is 0 Å². The molecule has 0 aliphatic heterocycles. The molecule has 0 fully saturated rings. The molecule has 0 aliphatic carbocycles. The van der Waals surface area contributed by atoms with E-state index in [-0.39, 0.29) is 6.04 Å². The van der Waals surface area contributed by atoms with Gasteiger partial charge in [0, 0.05) is 6.04 Å². The van der Waals surface area contributed by atoms with Gasteiger partial charge in [-0.15, -0.1) is 0 Å². The van der Waals surface area contributed by atoms with Crippen LogP contribution in [0.15, 0.2) is 6.07 Å². The quantitative estimate of drug-likeness (QED) is 0.825. The molecule has 2 atom stereocenters. The van der Waals surface area contributed by atoms with E-state index in [1.54, 1.807) is 0 Å². The predicted octanol–water partition coefficient (Wildman–Crippen LogP) is 2.53. The molecule has 1 heterocycles. The van der Waals surface area contributed by atoms with Crippen LogP contribution in [-0.4, -0.2) is 10.2 Å². The average Bonchev–Trinajstić information content (AvgIpc) is 2.21. The summed E-state index contributed by atoms with van der Waals surface area (Å²) in [4.78, 5) is 0. The average molecular weight is 207 g/mol. The standard InChI is InChI=1S/C12H21N3/c1-5-8(2)6-12(13)11-7-9(3)14-15-10(11)4/h7-8,12H,5-6,13H2,1-4H3. The minimum Gasteiger partial charge on any atom is -0.324 e. The maximum Gasteiger partial charge on any atom is 0.0648 e. The van der Waals surface area contributed by atoms with Crippen molar-refractivity contribution in [3.8, 4) is 0 Å². The second-order valence-electron chi connectivity index (χ2n) is 4.38. The molecule has 3 heteroatoms. The number of hydrogen-bond acceptors (Lipinski definition) is 3. The first kappa shape index (κ1) is 12.1. The fourth-order valence-electron chi connectivity index (χ4n) is 1.67. The Morgan fingerprint density at radius 3 is 2.60 bits per heavy atom. The Bertz CT molecular complexity index is 323. The number of aryl methyl sites for hydroxylation is 2. The summed E-state index contributed by atoms with van der Waals surface area (Å²) in [6.07, 6.45) is 2.19. The van der Waals surface area contributed by atoms with Gasteiger partial charge in [0.05, 0.1) is 11.4 Å². The molecule has 84 valence electrons. The van der Waals surface area contributed by atoms with Gasteiger partial charge in [-0.1, -0.05) is 20.3 Å². The summed E-state index contributed by atoms with van der Waals surface area (Å²) in [6, 6.07) is 2.14. The van der Waals surface area contributed by atoms with Crippen molar-refractivity contribution < 1.29 is 0 Å². The van der Waals surface area contributed by atoms with Crippen LogP contribution in [0.5, 0.6) is 0 Å². The molecule has 1 aromatic rings. The summed E-state index contributed by atoms with van der Waals surface area (Å²) in [5, 5.41) is 8.12. The lowest BCUT2D eigenvalue weighted by Crippen LogP contribution is -2.16. The minimum atomic E-state index is 0.0918. The zero-order valence-corrected chi connectivity index (χ0v) is 10.1. The van der Waals surface area contributed by atoms with Gasteiger partial charge in [-0.05, 0) is 37.8 Å². The number of aromatic nitrogens is 2. The van der Waals surface area contributed by atoms with Crippen LogP contribution in [0.1, 0.15) is 49.7 Å². The lowest BCUT2D eigenvalue weighted by Gasteiger charge is -2.17. The van der Waals surface area contributed by atoms with Gasteiger partial charge in [0.1, 0.15) is 0 Å². The SMILES string of the molecule is CCC(C)CC(N)c1cc(C)nnc1C.